The van der Waals surface area contributed by atoms with E-state index in [1.54, 1.807) is 12.1 Å². The highest BCUT2D eigenvalue weighted by Gasteiger charge is 2.18. The van der Waals surface area contributed by atoms with E-state index >= 15 is 0 Å². The zero-order valence-corrected chi connectivity index (χ0v) is 20.5. The molecule has 8 heteroatoms. The molecule has 1 N–H and O–H groups in total. The van der Waals surface area contributed by atoms with Gasteiger partial charge in [-0.05, 0) is 42.5 Å². The molecule has 0 aliphatic carbocycles. The Kier molecular flexibility index (Phi) is 7.17. The number of hydrogen-bond acceptors (Lipinski definition) is 5. The smallest absolute Gasteiger partial charge is 0.263 e. The van der Waals surface area contributed by atoms with E-state index in [1.807, 2.05) is 29.5 Å². The third kappa shape index (κ3) is 4.92. The number of carbonyl (C=O) groups excluding carboxylic acids is 1. The summed E-state index contributed by atoms with van der Waals surface area (Å²) in [4.78, 5) is 25.6. The number of hydrogen-bond donors (Lipinski definition) is 1. The normalized spacial score (nSPS) is 12.4. The molecular weight excluding hydrogens is 446 g/mol. The van der Waals surface area contributed by atoms with Crippen LogP contribution in [0, 0.1) is 5.92 Å². The van der Waals surface area contributed by atoms with Crippen LogP contribution in [-0.2, 0) is 17.8 Å². The van der Waals surface area contributed by atoms with Crippen LogP contribution in [0.3, 0.4) is 0 Å². The van der Waals surface area contributed by atoms with Crippen molar-refractivity contribution in [3.63, 3.8) is 0 Å². The minimum atomic E-state index is -0.141. The van der Waals surface area contributed by atoms with Crippen molar-refractivity contribution in [2.75, 3.05) is 5.75 Å². The van der Waals surface area contributed by atoms with Crippen LogP contribution in [0.4, 0.5) is 0 Å². The van der Waals surface area contributed by atoms with Gasteiger partial charge < -0.3 is 5.32 Å². The van der Waals surface area contributed by atoms with Gasteiger partial charge in [0.25, 0.3) is 5.56 Å². The van der Waals surface area contributed by atoms with Gasteiger partial charge in [-0.15, -0.1) is 16.8 Å². The van der Waals surface area contributed by atoms with Crippen LogP contribution in [0.2, 0.25) is 0 Å². The van der Waals surface area contributed by atoms with E-state index in [0.29, 0.717) is 34.3 Å². The molecule has 0 spiro atoms. The van der Waals surface area contributed by atoms with Gasteiger partial charge in [-0.3, -0.25) is 18.6 Å². The fourth-order valence-electron chi connectivity index (χ4n) is 4.03. The lowest BCUT2D eigenvalue weighted by Gasteiger charge is -2.15. The SMILES string of the molecule is C=CCn1c(=O)c2ccccc2n2c(SCC(=O)NC(C)c3ccc(CC(C)C)cc3)nnc12. The van der Waals surface area contributed by atoms with Crippen molar-refractivity contribution in [3.05, 3.63) is 82.7 Å². The molecule has 2 aromatic carbocycles. The molecule has 4 rings (SSSR count). The largest absolute Gasteiger partial charge is 0.349 e. The molecule has 4 aromatic rings. The Morgan fingerprint density at radius 3 is 2.56 bits per heavy atom. The first kappa shape index (κ1) is 23.8. The van der Waals surface area contributed by atoms with Crippen LogP contribution in [-0.4, -0.2) is 30.8 Å². The predicted molar refractivity (Wildman–Crippen MR) is 137 cm³/mol. The summed E-state index contributed by atoms with van der Waals surface area (Å²) in [6.07, 6.45) is 2.70. The number of allylic oxidation sites excluding steroid dienone is 1. The number of carbonyl (C=O) groups is 1. The highest BCUT2D eigenvalue weighted by atomic mass is 32.2. The number of aromatic nitrogens is 4. The highest BCUT2D eigenvalue weighted by molar-refractivity contribution is 7.99. The van der Waals surface area contributed by atoms with Gasteiger partial charge in [0.05, 0.1) is 22.7 Å². The summed E-state index contributed by atoms with van der Waals surface area (Å²) in [5.41, 5.74) is 2.94. The van der Waals surface area contributed by atoms with Crippen molar-refractivity contribution in [1.82, 2.24) is 24.5 Å². The van der Waals surface area contributed by atoms with Gasteiger partial charge in [-0.1, -0.05) is 68.1 Å². The number of para-hydroxylation sites is 1. The number of rotatable bonds is 9. The Balaban J connectivity index is 1.51. The molecule has 176 valence electrons. The Hall–Kier alpha value is -3.39. The fourth-order valence-corrected chi connectivity index (χ4v) is 4.78. The summed E-state index contributed by atoms with van der Waals surface area (Å²) in [5.74, 6) is 1.13. The molecule has 1 amide bonds. The predicted octanol–water partition coefficient (Wildman–Crippen LogP) is 4.40. The first-order chi connectivity index (χ1) is 16.4. The van der Waals surface area contributed by atoms with E-state index in [2.05, 4.69) is 60.2 Å². The molecule has 0 aliphatic heterocycles. The number of amides is 1. The number of thioether (sulfide) groups is 1. The summed E-state index contributed by atoms with van der Waals surface area (Å²) in [6.45, 7) is 10.5. The molecule has 0 radical (unpaired) electrons. The van der Waals surface area contributed by atoms with E-state index in [0.717, 1.165) is 12.0 Å². The van der Waals surface area contributed by atoms with Gasteiger partial charge in [0.2, 0.25) is 11.7 Å². The van der Waals surface area contributed by atoms with Crippen LogP contribution in [0.25, 0.3) is 16.7 Å². The van der Waals surface area contributed by atoms with Crippen molar-refractivity contribution in [1.29, 1.82) is 0 Å². The molecule has 0 bridgehead atoms. The summed E-state index contributed by atoms with van der Waals surface area (Å²) in [5, 5.41) is 12.7. The van der Waals surface area contributed by atoms with Crippen LogP contribution in [0.5, 0.6) is 0 Å². The topological polar surface area (TPSA) is 81.3 Å². The van der Waals surface area contributed by atoms with E-state index in [1.165, 1.54) is 21.9 Å². The van der Waals surface area contributed by atoms with Crippen molar-refractivity contribution in [2.24, 2.45) is 5.92 Å². The number of fused-ring (bicyclic) bond motifs is 3. The van der Waals surface area contributed by atoms with Gasteiger partial charge in [-0.25, -0.2) is 0 Å². The average molecular weight is 476 g/mol. The van der Waals surface area contributed by atoms with Crippen LogP contribution >= 0.6 is 11.8 Å². The molecule has 1 atom stereocenters. The number of nitrogens with zero attached hydrogens (tertiary/aromatic N) is 4. The lowest BCUT2D eigenvalue weighted by molar-refractivity contribution is -0.119. The Bertz CT molecular complexity index is 1390. The van der Waals surface area contributed by atoms with Crippen molar-refractivity contribution in [2.45, 2.75) is 44.9 Å². The average Bonchev–Trinajstić information content (AvgIpc) is 3.24. The third-order valence-corrected chi connectivity index (χ3v) is 6.55. The monoisotopic (exact) mass is 475 g/mol. The first-order valence-electron chi connectivity index (χ1n) is 11.4. The lowest BCUT2D eigenvalue weighted by Crippen LogP contribution is -2.28. The Morgan fingerprint density at radius 2 is 1.85 bits per heavy atom. The quantitative estimate of drug-likeness (QED) is 0.287. The minimum absolute atomic E-state index is 0.0933. The fraction of sp³-hybridized carbons (Fsp3) is 0.308. The number of nitrogens with one attached hydrogen (secondary N) is 1. The maximum Gasteiger partial charge on any atom is 0.263 e. The summed E-state index contributed by atoms with van der Waals surface area (Å²) >= 11 is 1.29. The molecule has 0 saturated carbocycles. The molecule has 2 heterocycles. The first-order valence-corrected chi connectivity index (χ1v) is 12.4. The zero-order chi connectivity index (χ0) is 24.2. The van der Waals surface area contributed by atoms with Gasteiger partial charge in [0, 0.05) is 6.54 Å². The minimum Gasteiger partial charge on any atom is -0.349 e. The van der Waals surface area contributed by atoms with E-state index in [-0.39, 0.29) is 23.3 Å². The Morgan fingerprint density at radius 1 is 1.12 bits per heavy atom. The van der Waals surface area contributed by atoms with Gasteiger partial charge in [0.15, 0.2) is 5.16 Å². The molecule has 34 heavy (non-hydrogen) atoms. The van der Waals surface area contributed by atoms with Crippen LogP contribution < -0.4 is 10.9 Å². The molecule has 0 aliphatic rings. The summed E-state index contributed by atoms with van der Waals surface area (Å²) < 4.78 is 3.37. The standard InChI is InChI=1S/C26H29N5O2S/c1-5-14-30-24(33)21-8-6-7-9-22(21)31-25(30)28-29-26(31)34-16-23(32)27-18(4)20-12-10-19(11-13-20)15-17(2)3/h5-13,17-18H,1,14-16H2,2-4H3,(H,27,32). The third-order valence-electron chi connectivity index (χ3n) is 5.62. The van der Waals surface area contributed by atoms with Crippen LogP contribution in [0.1, 0.15) is 37.9 Å². The summed E-state index contributed by atoms with van der Waals surface area (Å²) in [6, 6.07) is 15.6. The highest BCUT2D eigenvalue weighted by Crippen LogP contribution is 2.22. The summed E-state index contributed by atoms with van der Waals surface area (Å²) in [7, 11) is 0. The second kappa shape index (κ2) is 10.3. The van der Waals surface area contributed by atoms with E-state index < -0.39 is 0 Å². The van der Waals surface area contributed by atoms with Crippen molar-refractivity contribution < 1.29 is 4.79 Å². The second-order valence-electron chi connectivity index (χ2n) is 8.76. The van der Waals surface area contributed by atoms with Gasteiger partial charge in [-0.2, -0.15) is 0 Å². The maximum absolute atomic E-state index is 12.9. The van der Waals surface area contributed by atoms with E-state index in [4.69, 9.17) is 0 Å². The molecule has 7 nitrogen and oxygen atoms in total. The second-order valence-corrected chi connectivity index (χ2v) is 9.70. The lowest BCUT2D eigenvalue weighted by atomic mass is 10.00. The van der Waals surface area contributed by atoms with Crippen molar-refractivity contribution in [3.8, 4) is 0 Å². The number of benzene rings is 2. The molecule has 2 aromatic heterocycles. The zero-order valence-electron chi connectivity index (χ0n) is 19.7. The van der Waals surface area contributed by atoms with Gasteiger partial charge in [0.1, 0.15) is 0 Å². The van der Waals surface area contributed by atoms with E-state index in [9.17, 15) is 9.59 Å². The molecule has 0 fully saturated rings. The van der Waals surface area contributed by atoms with Crippen LogP contribution in [0.15, 0.2) is 71.1 Å². The molecule has 0 saturated heterocycles. The Labute approximate surface area is 202 Å². The van der Waals surface area contributed by atoms with Gasteiger partial charge >= 0.3 is 0 Å². The molecular formula is C26H29N5O2S. The molecule has 1 unspecified atom stereocenters. The maximum atomic E-state index is 12.9. The van der Waals surface area contributed by atoms with Crippen molar-refractivity contribution >= 4 is 34.3 Å².